The van der Waals surface area contributed by atoms with Crippen LogP contribution in [0.25, 0.3) is 11.3 Å². The number of carbonyl (C=O) groups excluding carboxylic acids is 1. The minimum Gasteiger partial charge on any atom is -0.486 e. The lowest BCUT2D eigenvalue weighted by Crippen LogP contribution is -2.18. The molecular weight excluding hydrogens is 328 g/mol. The first-order valence-electron chi connectivity index (χ1n) is 8.68. The van der Waals surface area contributed by atoms with Crippen molar-refractivity contribution in [1.29, 1.82) is 0 Å². The molecule has 5 heteroatoms. The van der Waals surface area contributed by atoms with Crippen LogP contribution in [0.5, 0.6) is 5.75 Å². The van der Waals surface area contributed by atoms with Gasteiger partial charge >= 0.3 is 0 Å². The van der Waals surface area contributed by atoms with Gasteiger partial charge in [0.1, 0.15) is 18.1 Å². The van der Waals surface area contributed by atoms with Crippen LogP contribution >= 0.6 is 0 Å². The Morgan fingerprint density at radius 3 is 2.73 bits per heavy atom. The number of rotatable bonds is 4. The van der Waals surface area contributed by atoms with Crippen molar-refractivity contribution in [2.75, 3.05) is 5.32 Å². The lowest BCUT2D eigenvalue weighted by Gasteiger charge is -2.17. The molecule has 2 heterocycles. The van der Waals surface area contributed by atoms with Crippen LogP contribution in [-0.4, -0.2) is 11.1 Å². The Morgan fingerprint density at radius 1 is 1.12 bits per heavy atom. The smallest absolute Gasteiger partial charge is 0.224 e. The first-order chi connectivity index (χ1) is 12.6. The first kappa shape index (κ1) is 16.4. The molecule has 0 saturated heterocycles. The number of amides is 1. The fourth-order valence-electron chi connectivity index (χ4n) is 3.32. The maximum absolute atomic E-state index is 11.4. The maximum atomic E-state index is 11.4. The monoisotopic (exact) mass is 348 g/mol. The summed E-state index contributed by atoms with van der Waals surface area (Å²) in [5.74, 6) is 1.49. The second-order valence-corrected chi connectivity index (χ2v) is 6.60. The molecule has 0 fully saturated rings. The molecule has 1 aliphatic heterocycles. The molecule has 1 amide bonds. The van der Waals surface area contributed by atoms with Crippen molar-refractivity contribution in [2.45, 2.75) is 33.3 Å². The van der Waals surface area contributed by atoms with Gasteiger partial charge in [0.25, 0.3) is 0 Å². The van der Waals surface area contributed by atoms with E-state index in [1.165, 1.54) is 11.1 Å². The Balaban J connectivity index is 1.48. The molecule has 0 spiro atoms. The van der Waals surface area contributed by atoms with Gasteiger partial charge < -0.3 is 14.6 Å². The number of aryl methyl sites for hydroxylation is 3. The van der Waals surface area contributed by atoms with Crippen LogP contribution in [0.1, 0.15) is 28.9 Å². The Morgan fingerprint density at radius 2 is 1.92 bits per heavy atom. The fraction of sp³-hybridized carbons (Fsp3) is 0.238. The number of nitrogens with zero attached hydrogens (tertiary/aromatic N) is 1. The van der Waals surface area contributed by atoms with E-state index in [-0.39, 0.29) is 5.91 Å². The van der Waals surface area contributed by atoms with Crippen molar-refractivity contribution in [3.05, 3.63) is 64.9 Å². The molecule has 132 valence electrons. The van der Waals surface area contributed by atoms with Crippen molar-refractivity contribution in [1.82, 2.24) is 5.16 Å². The molecule has 0 saturated carbocycles. The summed E-state index contributed by atoms with van der Waals surface area (Å²) in [6.45, 7) is 4.45. The largest absolute Gasteiger partial charge is 0.486 e. The van der Waals surface area contributed by atoms with Gasteiger partial charge in [-0.15, -0.1) is 0 Å². The SMILES string of the molecule is Cc1cccc(C)c1-c1cc(COc2ccc3c(c2)CCC(=O)N3)on1. The molecule has 4 rings (SSSR count). The van der Waals surface area contributed by atoms with Crippen LogP contribution in [0.3, 0.4) is 0 Å². The number of hydrogen-bond donors (Lipinski definition) is 1. The quantitative estimate of drug-likeness (QED) is 0.758. The number of fused-ring (bicyclic) bond motifs is 1. The van der Waals surface area contributed by atoms with E-state index in [0.29, 0.717) is 18.8 Å². The molecule has 0 radical (unpaired) electrons. The number of anilines is 1. The van der Waals surface area contributed by atoms with Crippen LogP contribution in [0.4, 0.5) is 5.69 Å². The van der Waals surface area contributed by atoms with Crippen molar-refractivity contribution in [3.8, 4) is 17.0 Å². The van der Waals surface area contributed by atoms with Crippen LogP contribution in [-0.2, 0) is 17.8 Å². The number of benzene rings is 2. The van der Waals surface area contributed by atoms with Gasteiger partial charge in [-0.25, -0.2) is 0 Å². The van der Waals surface area contributed by atoms with Crippen molar-refractivity contribution in [3.63, 3.8) is 0 Å². The highest BCUT2D eigenvalue weighted by molar-refractivity contribution is 5.94. The molecule has 2 aromatic carbocycles. The zero-order valence-corrected chi connectivity index (χ0v) is 14.8. The Bertz CT molecular complexity index is 955. The van der Waals surface area contributed by atoms with Crippen LogP contribution in [0.2, 0.25) is 0 Å². The highest BCUT2D eigenvalue weighted by atomic mass is 16.5. The van der Waals surface area contributed by atoms with E-state index in [1.54, 1.807) is 0 Å². The lowest BCUT2D eigenvalue weighted by molar-refractivity contribution is -0.116. The summed E-state index contributed by atoms with van der Waals surface area (Å²) >= 11 is 0. The van der Waals surface area contributed by atoms with Gasteiger partial charge in [0.2, 0.25) is 5.91 Å². The van der Waals surface area contributed by atoms with Crippen molar-refractivity contribution < 1.29 is 14.1 Å². The van der Waals surface area contributed by atoms with Crippen LogP contribution < -0.4 is 10.1 Å². The predicted molar refractivity (Wildman–Crippen MR) is 99.1 cm³/mol. The third kappa shape index (κ3) is 3.20. The van der Waals surface area contributed by atoms with Crippen LogP contribution in [0, 0.1) is 13.8 Å². The molecule has 1 N–H and O–H groups in total. The maximum Gasteiger partial charge on any atom is 0.224 e. The third-order valence-corrected chi connectivity index (χ3v) is 4.65. The van der Waals surface area contributed by atoms with Crippen molar-refractivity contribution in [2.24, 2.45) is 0 Å². The fourth-order valence-corrected chi connectivity index (χ4v) is 3.32. The van der Waals surface area contributed by atoms with E-state index in [2.05, 4.69) is 36.5 Å². The lowest BCUT2D eigenvalue weighted by atomic mass is 10.0. The zero-order valence-electron chi connectivity index (χ0n) is 14.8. The van der Waals surface area contributed by atoms with Gasteiger partial charge in [0, 0.05) is 23.7 Å². The minimum absolute atomic E-state index is 0.0619. The summed E-state index contributed by atoms with van der Waals surface area (Å²) in [6, 6.07) is 13.8. The summed E-state index contributed by atoms with van der Waals surface area (Å²) in [7, 11) is 0. The minimum atomic E-state index is 0.0619. The van der Waals surface area contributed by atoms with Gasteiger partial charge in [-0.1, -0.05) is 23.4 Å². The highest BCUT2D eigenvalue weighted by Crippen LogP contribution is 2.29. The molecule has 5 nitrogen and oxygen atoms in total. The van der Waals surface area contributed by atoms with E-state index in [9.17, 15) is 4.79 Å². The van der Waals surface area contributed by atoms with E-state index >= 15 is 0 Å². The second-order valence-electron chi connectivity index (χ2n) is 6.60. The second kappa shape index (κ2) is 6.67. The number of ether oxygens (including phenoxy) is 1. The van der Waals surface area contributed by atoms with Gasteiger partial charge in [-0.2, -0.15) is 0 Å². The number of carbonyl (C=O) groups is 1. The standard InChI is InChI=1S/C21H20N2O3/c1-13-4-3-5-14(2)21(13)19-11-17(26-23-19)12-25-16-7-8-18-15(10-16)6-9-20(24)22-18/h3-5,7-8,10-11H,6,9,12H2,1-2H3,(H,22,24). The Kier molecular flexibility index (Phi) is 4.21. The summed E-state index contributed by atoms with van der Waals surface area (Å²) in [4.78, 5) is 11.4. The molecule has 0 bridgehead atoms. The molecular formula is C21H20N2O3. The molecule has 0 aliphatic carbocycles. The number of aromatic nitrogens is 1. The molecule has 0 unspecified atom stereocenters. The van der Waals surface area contributed by atoms with Gasteiger partial charge in [0.05, 0.1) is 0 Å². The molecule has 1 aliphatic rings. The summed E-state index contributed by atoms with van der Waals surface area (Å²) in [6.07, 6.45) is 1.25. The number of hydrogen-bond acceptors (Lipinski definition) is 4. The average Bonchev–Trinajstić information content (AvgIpc) is 3.08. The van der Waals surface area contributed by atoms with Gasteiger partial charge in [0.15, 0.2) is 5.76 Å². The van der Waals surface area contributed by atoms with Crippen molar-refractivity contribution >= 4 is 11.6 Å². The van der Waals surface area contributed by atoms with E-state index in [4.69, 9.17) is 9.26 Å². The molecule has 3 aromatic rings. The number of nitrogens with one attached hydrogen (secondary N) is 1. The molecule has 0 atom stereocenters. The van der Waals surface area contributed by atoms with Crippen LogP contribution in [0.15, 0.2) is 47.0 Å². The third-order valence-electron chi connectivity index (χ3n) is 4.65. The molecule has 26 heavy (non-hydrogen) atoms. The van der Waals surface area contributed by atoms with Gasteiger partial charge in [-0.3, -0.25) is 4.79 Å². The first-order valence-corrected chi connectivity index (χ1v) is 8.68. The van der Waals surface area contributed by atoms with E-state index < -0.39 is 0 Å². The molecule has 1 aromatic heterocycles. The Hall–Kier alpha value is -3.08. The Labute approximate surface area is 152 Å². The normalized spacial score (nSPS) is 13.2. The van der Waals surface area contributed by atoms with E-state index in [0.717, 1.165) is 34.7 Å². The summed E-state index contributed by atoms with van der Waals surface area (Å²) in [5.41, 5.74) is 6.23. The zero-order chi connectivity index (χ0) is 18.1. The predicted octanol–water partition coefficient (Wildman–Crippen LogP) is 4.42. The summed E-state index contributed by atoms with van der Waals surface area (Å²) in [5, 5.41) is 7.07. The summed E-state index contributed by atoms with van der Waals surface area (Å²) < 4.78 is 11.3. The van der Waals surface area contributed by atoms with E-state index in [1.807, 2.05) is 30.3 Å². The average molecular weight is 348 g/mol. The topological polar surface area (TPSA) is 64.4 Å². The highest BCUT2D eigenvalue weighted by Gasteiger charge is 2.16. The van der Waals surface area contributed by atoms with Gasteiger partial charge in [-0.05, 0) is 55.2 Å².